The Balaban J connectivity index is 3.34. The van der Waals surface area contributed by atoms with Gasteiger partial charge in [-0.15, -0.1) is 0 Å². The molecular formula is C11H20N6O2. The molecule has 0 radical (unpaired) electrons. The molecule has 0 spiro atoms. The summed E-state index contributed by atoms with van der Waals surface area (Å²) < 4.78 is 0. The molecule has 0 atom stereocenters. The zero-order valence-electron chi connectivity index (χ0n) is 11.5. The van der Waals surface area contributed by atoms with E-state index in [1.165, 1.54) is 0 Å². The van der Waals surface area contributed by atoms with Crippen molar-refractivity contribution in [3.8, 4) is 0 Å². The van der Waals surface area contributed by atoms with Gasteiger partial charge < -0.3 is 4.90 Å². The van der Waals surface area contributed by atoms with Crippen LogP contribution in [0.1, 0.15) is 32.4 Å². The van der Waals surface area contributed by atoms with Crippen LogP contribution in [-0.4, -0.2) is 28.0 Å². The number of aromatic nitrogens is 2. The van der Waals surface area contributed by atoms with Gasteiger partial charge in [0.25, 0.3) is 0 Å². The fourth-order valence-electron chi connectivity index (χ4n) is 1.91. The first-order chi connectivity index (χ1) is 9.04. The Morgan fingerprint density at radius 1 is 1.32 bits per heavy atom. The maximum absolute atomic E-state index is 11.2. The molecule has 1 aromatic heterocycles. The number of hydrazine groups is 1. The first-order valence-electron chi connectivity index (χ1n) is 6.29. The van der Waals surface area contributed by atoms with E-state index in [4.69, 9.17) is 5.84 Å². The fraction of sp³-hybridized carbons (Fsp3) is 0.636. The fourth-order valence-corrected chi connectivity index (χ4v) is 1.91. The van der Waals surface area contributed by atoms with E-state index in [1.54, 1.807) is 6.92 Å². The molecule has 3 N–H and O–H groups in total. The molecular weight excluding hydrogens is 248 g/mol. The van der Waals surface area contributed by atoms with Crippen molar-refractivity contribution < 1.29 is 4.92 Å². The predicted molar refractivity (Wildman–Crippen MR) is 74.0 cm³/mol. The van der Waals surface area contributed by atoms with Crippen molar-refractivity contribution in [3.63, 3.8) is 0 Å². The van der Waals surface area contributed by atoms with Crippen LogP contribution in [0.15, 0.2) is 0 Å². The van der Waals surface area contributed by atoms with Crippen LogP contribution in [0.25, 0.3) is 0 Å². The number of nitrogens with one attached hydrogen (secondary N) is 1. The van der Waals surface area contributed by atoms with Crippen LogP contribution < -0.4 is 16.2 Å². The standard InChI is InChI=1S/C11H20N6O2/c1-4-6-16(7-5-2)10-9(17(18)19)8(3)13-11(14-10)15-12/h4-7,12H2,1-3H3,(H,13,14,15). The molecule has 0 aliphatic heterocycles. The molecule has 0 saturated carbocycles. The maximum Gasteiger partial charge on any atom is 0.332 e. The third-order valence-corrected chi connectivity index (χ3v) is 2.64. The van der Waals surface area contributed by atoms with E-state index in [0.717, 1.165) is 12.8 Å². The SMILES string of the molecule is CCCN(CCC)c1nc(NN)nc(C)c1[N+](=O)[O-]. The average molecular weight is 268 g/mol. The summed E-state index contributed by atoms with van der Waals surface area (Å²) in [5.41, 5.74) is 2.59. The Kier molecular flexibility index (Phi) is 5.43. The Bertz CT molecular complexity index is 445. The number of nitrogens with two attached hydrogens (primary N) is 1. The second kappa shape index (κ2) is 6.83. The summed E-state index contributed by atoms with van der Waals surface area (Å²) in [5, 5.41) is 11.2. The van der Waals surface area contributed by atoms with Crippen molar-refractivity contribution in [2.24, 2.45) is 5.84 Å². The van der Waals surface area contributed by atoms with Crippen molar-refractivity contribution in [3.05, 3.63) is 15.8 Å². The smallest absolute Gasteiger partial charge is 0.332 e. The predicted octanol–water partition coefficient (Wildman–Crippen LogP) is 1.61. The molecule has 0 aliphatic carbocycles. The minimum atomic E-state index is -0.441. The van der Waals surface area contributed by atoms with Gasteiger partial charge in [-0.3, -0.25) is 15.5 Å². The minimum Gasteiger partial charge on any atom is -0.351 e. The van der Waals surface area contributed by atoms with Crippen molar-refractivity contribution >= 4 is 17.5 Å². The number of aryl methyl sites for hydroxylation is 1. The van der Waals surface area contributed by atoms with Gasteiger partial charge in [-0.1, -0.05) is 13.8 Å². The zero-order chi connectivity index (χ0) is 14.4. The van der Waals surface area contributed by atoms with E-state index in [9.17, 15) is 10.1 Å². The van der Waals surface area contributed by atoms with Crippen LogP contribution >= 0.6 is 0 Å². The molecule has 1 heterocycles. The third kappa shape index (κ3) is 3.50. The first-order valence-corrected chi connectivity index (χ1v) is 6.29. The van der Waals surface area contributed by atoms with E-state index >= 15 is 0 Å². The molecule has 0 fully saturated rings. The van der Waals surface area contributed by atoms with Crippen LogP contribution in [0.4, 0.5) is 17.5 Å². The zero-order valence-corrected chi connectivity index (χ0v) is 11.5. The Hall–Kier alpha value is -1.96. The van der Waals surface area contributed by atoms with Crippen molar-refractivity contribution in [1.82, 2.24) is 9.97 Å². The number of nitrogen functional groups attached to an aromatic ring is 1. The Morgan fingerprint density at radius 2 is 1.89 bits per heavy atom. The lowest BCUT2D eigenvalue weighted by atomic mass is 10.3. The van der Waals surface area contributed by atoms with Gasteiger partial charge in [0, 0.05) is 13.1 Å². The van der Waals surface area contributed by atoms with Crippen molar-refractivity contribution in [2.75, 3.05) is 23.4 Å². The van der Waals surface area contributed by atoms with Gasteiger partial charge in [-0.25, -0.2) is 10.8 Å². The summed E-state index contributed by atoms with van der Waals surface area (Å²) >= 11 is 0. The molecule has 106 valence electrons. The molecule has 0 saturated heterocycles. The van der Waals surface area contributed by atoms with Gasteiger partial charge in [-0.05, 0) is 19.8 Å². The van der Waals surface area contributed by atoms with E-state index in [0.29, 0.717) is 24.6 Å². The second-order valence-electron chi connectivity index (χ2n) is 4.19. The van der Waals surface area contributed by atoms with Crippen LogP contribution in [0.5, 0.6) is 0 Å². The van der Waals surface area contributed by atoms with E-state index in [2.05, 4.69) is 15.4 Å². The Morgan fingerprint density at radius 3 is 2.32 bits per heavy atom. The summed E-state index contributed by atoms with van der Waals surface area (Å²) in [6, 6.07) is 0. The lowest BCUT2D eigenvalue weighted by Gasteiger charge is -2.22. The average Bonchev–Trinajstić information content (AvgIpc) is 2.36. The highest BCUT2D eigenvalue weighted by atomic mass is 16.6. The summed E-state index contributed by atoms with van der Waals surface area (Å²) in [5.74, 6) is 5.82. The topological polar surface area (TPSA) is 110 Å². The number of anilines is 2. The maximum atomic E-state index is 11.2. The number of nitro groups is 1. The normalized spacial score (nSPS) is 10.3. The van der Waals surface area contributed by atoms with Crippen molar-refractivity contribution in [1.29, 1.82) is 0 Å². The highest BCUT2D eigenvalue weighted by molar-refractivity contribution is 5.62. The largest absolute Gasteiger partial charge is 0.351 e. The van der Waals surface area contributed by atoms with Crippen molar-refractivity contribution in [2.45, 2.75) is 33.6 Å². The molecule has 8 heteroatoms. The third-order valence-electron chi connectivity index (χ3n) is 2.64. The molecule has 0 aromatic carbocycles. The highest BCUT2D eigenvalue weighted by Crippen LogP contribution is 2.29. The number of nitrogens with zero attached hydrogens (tertiary/aromatic N) is 4. The Labute approximate surface area is 112 Å². The minimum absolute atomic E-state index is 0.0547. The highest BCUT2D eigenvalue weighted by Gasteiger charge is 2.25. The monoisotopic (exact) mass is 268 g/mol. The molecule has 0 bridgehead atoms. The molecule has 19 heavy (non-hydrogen) atoms. The first kappa shape index (κ1) is 15.1. The number of rotatable bonds is 7. The van der Waals surface area contributed by atoms with Crippen LogP contribution in [-0.2, 0) is 0 Å². The van der Waals surface area contributed by atoms with Gasteiger partial charge >= 0.3 is 5.69 Å². The molecule has 1 rings (SSSR count). The molecule has 0 aliphatic rings. The molecule has 1 aromatic rings. The van der Waals surface area contributed by atoms with Gasteiger partial charge in [-0.2, -0.15) is 4.98 Å². The van der Waals surface area contributed by atoms with Gasteiger partial charge in [0.1, 0.15) is 5.69 Å². The molecule has 8 nitrogen and oxygen atoms in total. The van der Waals surface area contributed by atoms with Gasteiger partial charge in [0.2, 0.25) is 11.8 Å². The van der Waals surface area contributed by atoms with Crippen LogP contribution in [0.3, 0.4) is 0 Å². The lowest BCUT2D eigenvalue weighted by Crippen LogP contribution is -2.28. The summed E-state index contributed by atoms with van der Waals surface area (Å²) in [7, 11) is 0. The quantitative estimate of drug-likeness (QED) is 0.439. The van der Waals surface area contributed by atoms with E-state index in [-0.39, 0.29) is 11.6 Å². The number of hydrogen-bond acceptors (Lipinski definition) is 7. The van der Waals surface area contributed by atoms with E-state index in [1.807, 2.05) is 18.7 Å². The molecule has 0 amide bonds. The molecule has 0 unspecified atom stereocenters. The van der Waals surface area contributed by atoms with Crippen LogP contribution in [0, 0.1) is 17.0 Å². The van der Waals surface area contributed by atoms with Crippen LogP contribution in [0.2, 0.25) is 0 Å². The second-order valence-corrected chi connectivity index (χ2v) is 4.19. The van der Waals surface area contributed by atoms with Gasteiger partial charge in [0.05, 0.1) is 4.92 Å². The van der Waals surface area contributed by atoms with E-state index < -0.39 is 4.92 Å². The van der Waals surface area contributed by atoms with Gasteiger partial charge in [0.15, 0.2) is 0 Å². The summed E-state index contributed by atoms with van der Waals surface area (Å²) in [6.45, 7) is 7.03. The lowest BCUT2D eigenvalue weighted by molar-refractivity contribution is -0.385. The number of hydrogen-bond donors (Lipinski definition) is 2. The summed E-state index contributed by atoms with van der Waals surface area (Å²) in [6.07, 6.45) is 1.76. The summed E-state index contributed by atoms with van der Waals surface area (Å²) in [4.78, 5) is 20.8.